The summed E-state index contributed by atoms with van der Waals surface area (Å²) in [6.07, 6.45) is 0.0818. The van der Waals surface area contributed by atoms with Crippen molar-refractivity contribution in [3.05, 3.63) is 59.7 Å². The Kier molecular flexibility index (Phi) is 6.68. The van der Waals surface area contributed by atoms with Gasteiger partial charge in [0.2, 0.25) is 0 Å². The molecule has 0 radical (unpaired) electrons. The third-order valence-electron chi connectivity index (χ3n) is 4.65. The average Bonchev–Trinajstić information content (AvgIpc) is 2.74. The monoisotopic (exact) mass is 370 g/mol. The van der Waals surface area contributed by atoms with Crippen LogP contribution in [0.4, 0.5) is 0 Å². The summed E-state index contributed by atoms with van der Waals surface area (Å²) < 4.78 is 16.3. The van der Waals surface area contributed by atoms with Crippen LogP contribution in [0.25, 0.3) is 0 Å². The molecule has 3 rings (SSSR count). The van der Waals surface area contributed by atoms with Crippen molar-refractivity contribution in [2.75, 3.05) is 47.0 Å². The molecule has 1 aliphatic heterocycles. The van der Waals surface area contributed by atoms with E-state index in [0.29, 0.717) is 30.2 Å². The highest BCUT2D eigenvalue weighted by atomic mass is 16.5. The first-order valence-corrected chi connectivity index (χ1v) is 9.10. The van der Waals surface area contributed by atoms with Gasteiger partial charge in [-0.1, -0.05) is 30.3 Å². The van der Waals surface area contributed by atoms with Crippen LogP contribution in [-0.4, -0.2) is 57.8 Å². The summed E-state index contributed by atoms with van der Waals surface area (Å²) in [5.74, 6) is 1.05. The Labute approximate surface area is 160 Å². The molecule has 0 bridgehead atoms. The van der Waals surface area contributed by atoms with E-state index in [0.717, 1.165) is 19.6 Å². The highest BCUT2D eigenvalue weighted by Crippen LogP contribution is 2.23. The Morgan fingerprint density at radius 2 is 1.85 bits per heavy atom. The van der Waals surface area contributed by atoms with E-state index in [1.54, 1.807) is 32.4 Å². The van der Waals surface area contributed by atoms with Crippen molar-refractivity contribution in [2.45, 2.75) is 6.10 Å². The van der Waals surface area contributed by atoms with Gasteiger partial charge in [-0.05, 0) is 17.7 Å². The van der Waals surface area contributed by atoms with Gasteiger partial charge < -0.3 is 19.5 Å². The lowest BCUT2D eigenvalue weighted by molar-refractivity contribution is -0.0293. The molecule has 1 N–H and O–H groups in total. The maximum absolute atomic E-state index is 12.4. The van der Waals surface area contributed by atoms with E-state index in [-0.39, 0.29) is 12.0 Å². The smallest absolute Gasteiger partial charge is 0.251 e. The van der Waals surface area contributed by atoms with Crippen LogP contribution in [0.15, 0.2) is 48.5 Å². The van der Waals surface area contributed by atoms with Crippen LogP contribution in [-0.2, 0) is 4.74 Å². The van der Waals surface area contributed by atoms with E-state index < -0.39 is 0 Å². The van der Waals surface area contributed by atoms with E-state index in [4.69, 9.17) is 14.2 Å². The first kappa shape index (κ1) is 19.2. The summed E-state index contributed by atoms with van der Waals surface area (Å²) in [6.45, 7) is 3.74. The molecule has 1 saturated heterocycles. The van der Waals surface area contributed by atoms with Crippen LogP contribution in [0.5, 0.6) is 11.5 Å². The number of methoxy groups -OCH3 is 2. The van der Waals surface area contributed by atoms with Gasteiger partial charge in [0.25, 0.3) is 5.91 Å². The van der Waals surface area contributed by atoms with E-state index >= 15 is 0 Å². The van der Waals surface area contributed by atoms with Gasteiger partial charge in [0.15, 0.2) is 0 Å². The van der Waals surface area contributed by atoms with Crippen molar-refractivity contribution in [2.24, 2.45) is 0 Å². The molecule has 0 aliphatic carbocycles. The minimum Gasteiger partial charge on any atom is -0.497 e. The molecule has 0 unspecified atom stereocenters. The zero-order valence-electron chi connectivity index (χ0n) is 15.8. The lowest BCUT2D eigenvalue weighted by Crippen LogP contribution is -2.42. The number of carbonyl (C=O) groups excluding carboxylic acids is 1. The Morgan fingerprint density at radius 1 is 1.15 bits per heavy atom. The number of amides is 1. The molecule has 1 heterocycles. The quantitative estimate of drug-likeness (QED) is 0.812. The predicted molar refractivity (Wildman–Crippen MR) is 103 cm³/mol. The molecular weight excluding hydrogens is 344 g/mol. The molecule has 0 saturated carbocycles. The molecule has 0 aromatic heterocycles. The van der Waals surface area contributed by atoms with Gasteiger partial charge in [0.05, 0.1) is 26.9 Å². The van der Waals surface area contributed by atoms with Crippen molar-refractivity contribution < 1.29 is 19.0 Å². The number of nitrogens with one attached hydrogen (secondary N) is 1. The zero-order chi connectivity index (χ0) is 19.1. The molecule has 1 atom stereocenters. The van der Waals surface area contributed by atoms with Crippen LogP contribution in [0.3, 0.4) is 0 Å². The second-order valence-corrected chi connectivity index (χ2v) is 6.43. The SMILES string of the molecule is COc1cc(OC)cc(C(=O)NCCN2CCO[C@@H](c3ccccc3)C2)c1. The fourth-order valence-electron chi connectivity index (χ4n) is 3.14. The van der Waals surface area contributed by atoms with Crippen molar-refractivity contribution in [3.63, 3.8) is 0 Å². The summed E-state index contributed by atoms with van der Waals surface area (Å²) in [6, 6.07) is 15.4. The second kappa shape index (κ2) is 9.39. The number of hydrogen-bond donors (Lipinski definition) is 1. The Hall–Kier alpha value is -2.57. The molecule has 1 aliphatic rings. The fourth-order valence-corrected chi connectivity index (χ4v) is 3.14. The zero-order valence-corrected chi connectivity index (χ0v) is 15.8. The van der Waals surface area contributed by atoms with Crippen LogP contribution in [0.1, 0.15) is 22.0 Å². The lowest BCUT2D eigenvalue weighted by atomic mass is 10.1. The maximum atomic E-state index is 12.4. The minimum absolute atomic E-state index is 0.0818. The molecule has 1 fully saturated rings. The normalized spacial score (nSPS) is 17.3. The number of benzene rings is 2. The van der Waals surface area contributed by atoms with Gasteiger partial charge >= 0.3 is 0 Å². The molecule has 6 nitrogen and oxygen atoms in total. The molecule has 144 valence electrons. The first-order valence-electron chi connectivity index (χ1n) is 9.10. The van der Waals surface area contributed by atoms with Crippen LogP contribution >= 0.6 is 0 Å². The highest BCUT2D eigenvalue weighted by Gasteiger charge is 2.21. The van der Waals surface area contributed by atoms with E-state index in [1.165, 1.54) is 5.56 Å². The number of hydrogen-bond acceptors (Lipinski definition) is 5. The summed E-state index contributed by atoms with van der Waals surface area (Å²) in [7, 11) is 3.13. The molecule has 27 heavy (non-hydrogen) atoms. The lowest BCUT2D eigenvalue weighted by Gasteiger charge is -2.33. The largest absolute Gasteiger partial charge is 0.497 e. The van der Waals surface area contributed by atoms with Crippen molar-refractivity contribution in [3.8, 4) is 11.5 Å². The Bertz CT molecular complexity index is 729. The molecule has 6 heteroatoms. The van der Waals surface area contributed by atoms with Gasteiger partial charge in [0, 0.05) is 37.8 Å². The van der Waals surface area contributed by atoms with Crippen LogP contribution in [0, 0.1) is 0 Å². The first-order chi connectivity index (χ1) is 13.2. The second-order valence-electron chi connectivity index (χ2n) is 6.43. The number of carbonyl (C=O) groups is 1. The summed E-state index contributed by atoms with van der Waals surface area (Å²) in [5.41, 5.74) is 1.71. The third-order valence-corrected chi connectivity index (χ3v) is 4.65. The number of morpholine rings is 1. The van der Waals surface area contributed by atoms with Crippen LogP contribution in [0.2, 0.25) is 0 Å². The maximum Gasteiger partial charge on any atom is 0.251 e. The van der Waals surface area contributed by atoms with Crippen molar-refractivity contribution in [1.29, 1.82) is 0 Å². The predicted octanol–water partition coefficient (Wildman–Crippen LogP) is 2.51. The minimum atomic E-state index is -0.139. The van der Waals surface area contributed by atoms with Crippen molar-refractivity contribution >= 4 is 5.91 Å². The number of ether oxygens (including phenoxy) is 3. The summed E-state index contributed by atoms with van der Waals surface area (Å²) >= 11 is 0. The Balaban J connectivity index is 1.51. The van der Waals surface area contributed by atoms with Gasteiger partial charge in [-0.3, -0.25) is 9.69 Å². The number of nitrogens with zero attached hydrogens (tertiary/aromatic N) is 1. The van der Waals surface area contributed by atoms with E-state index in [1.807, 2.05) is 18.2 Å². The molecule has 2 aromatic carbocycles. The molecule has 0 spiro atoms. The highest BCUT2D eigenvalue weighted by molar-refractivity contribution is 5.95. The van der Waals surface area contributed by atoms with Gasteiger partial charge in [-0.15, -0.1) is 0 Å². The van der Waals surface area contributed by atoms with E-state index in [2.05, 4.69) is 22.3 Å². The summed E-state index contributed by atoms with van der Waals surface area (Å²) in [4.78, 5) is 14.8. The van der Waals surface area contributed by atoms with Crippen molar-refractivity contribution in [1.82, 2.24) is 10.2 Å². The van der Waals surface area contributed by atoms with Crippen LogP contribution < -0.4 is 14.8 Å². The van der Waals surface area contributed by atoms with Gasteiger partial charge in [-0.25, -0.2) is 0 Å². The standard InChI is InChI=1S/C21H26N2O4/c1-25-18-12-17(13-19(14-18)26-2)21(24)22-8-9-23-10-11-27-20(15-23)16-6-4-3-5-7-16/h3-7,12-14,20H,8-11,15H2,1-2H3,(H,22,24)/t20-/m1/s1. The average molecular weight is 370 g/mol. The molecule has 1 amide bonds. The summed E-state index contributed by atoms with van der Waals surface area (Å²) in [5, 5.41) is 2.97. The Morgan fingerprint density at radius 3 is 2.52 bits per heavy atom. The van der Waals surface area contributed by atoms with Gasteiger partial charge in [-0.2, -0.15) is 0 Å². The molecular formula is C21H26N2O4. The fraction of sp³-hybridized carbons (Fsp3) is 0.381. The topological polar surface area (TPSA) is 60.0 Å². The molecule has 2 aromatic rings. The third kappa shape index (κ3) is 5.21. The number of rotatable bonds is 7. The van der Waals surface area contributed by atoms with Gasteiger partial charge in [0.1, 0.15) is 11.5 Å². The van der Waals surface area contributed by atoms with E-state index in [9.17, 15) is 4.79 Å².